The number of rotatable bonds is 7. The third-order valence-electron chi connectivity index (χ3n) is 3.15. The summed E-state index contributed by atoms with van der Waals surface area (Å²) in [4.78, 5) is 0. The first kappa shape index (κ1) is 14.5. The quantitative estimate of drug-likeness (QED) is 0.816. The van der Waals surface area contributed by atoms with E-state index in [-0.39, 0.29) is 0 Å². The Morgan fingerprint density at radius 3 is 2.82 bits per heavy atom. The molecule has 2 unspecified atom stereocenters. The minimum atomic E-state index is 0.370. The molecule has 0 amide bonds. The number of hydrogen-bond donors (Lipinski definition) is 1. The summed E-state index contributed by atoms with van der Waals surface area (Å²) >= 11 is 6.22. The third kappa shape index (κ3) is 3.69. The Morgan fingerprint density at radius 1 is 1.53 bits per heavy atom. The van der Waals surface area contributed by atoms with Gasteiger partial charge < -0.3 is 10.1 Å². The highest BCUT2D eigenvalue weighted by Crippen LogP contribution is 2.29. The number of nitrogens with zero attached hydrogens (tertiary/aromatic N) is 2. The van der Waals surface area contributed by atoms with Gasteiger partial charge in [0, 0.05) is 13.0 Å². The normalized spacial score (nSPS) is 14.9. The first-order valence-electron chi connectivity index (χ1n) is 5.96. The highest BCUT2D eigenvalue weighted by molar-refractivity contribution is 6.31. The Kier molecular flexibility index (Phi) is 5.95. The van der Waals surface area contributed by atoms with E-state index in [1.165, 1.54) is 0 Å². The van der Waals surface area contributed by atoms with Gasteiger partial charge in [-0.05, 0) is 19.5 Å². The van der Waals surface area contributed by atoms with Crippen molar-refractivity contribution >= 4 is 11.6 Å². The van der Waals surface area contributed by atoms with Crippen LogP contribution in [-0.2, 0) is 11.3 Å². The smallest absolute Gasteiger partial charge is 0.0820 e. The van der Waals surface area contributed by atoms with Gasteiger partial charge in [0.2, 0.25) is 0 Å². The third-order valence-corrected chi connectivity index (χ3v) is 3.44. The fraction of sp³-hybridized carbons (Fsp3) is 0.750. The van der Waals surface area contributed by atoms with Crippen LogP contribution < -0.4 is 5.32 Å². The summed E-state index contributed by atoms with van der Waals surface area (Å²) in [6, 6.07) is 0. The van der Waals surface area contributed by atoms with Crippen molar-refractivity contribution in [1.82, 2.24) is 15.1 Å². The molecular weight excluding hydrogens is 238 g/mol. The van der Waals surface area contributed by atoms with Crippen molar-refractivity contribution in [1.29, 1.82) is 0 Å². The van der Waals surface area contributed by atoms with Crippen molar-refractivity contribution in [3.8, 4) is 0 Å². The zero-order valence-electron chi connectivity index (χ0n) is 11.0. The average molecular weight is 260 g/mol. The van der Waals surface area contributed by atoms with Gasteiger partial charge in [-0.1, -0.05) is 25.4 Å². The molecule has 0 aliphatic carbocycles. The summed E-state index contributed by atoms with van der Waals surface area (Å²) in [5.74, 6) is 0.879. The Bertz CT molecular complexity index is 340. The maximum Gasteiger partial charge on any atom is 0.0820 e. The van der Waals surface area contributed by atoms with E-state index >= 15 is 0 Å². The second kappa shape index (κ2) is 6.99. The number of nitrogens with one attached hydrogen (secondary N) is 1. The van der Waals surface area contributed by atoms with Gasteiger partial charge in [0.1, 0.15) is 0 Å². The van der Waals surface area contributed by atoms with E-state index in [2.05, 4.69) is 24.3 Å². The van der Waals surface area contributed by atoms with Crippen LogP contribution in [0.4, 0.5) is 0 Å². The Hall–Kier alpha value is -0.580. The molecule has 5 heteroatoms. The maximum absolute atomic E-state index is 6.22. The van der Waals surface area contributed by atoms with Crippen molar-refractivity contribution in [2.75, 3.05) is 27.3 Å². The van der Waals surface area contributed by atoms with E-state index in [1.807, 2.05) is 11.7 Å². The monoisotopic (exact) mass is 259 g/mol. The minimum absolute atomic E-state index is 0.370. The van der Waals surface area contributed by atoms with Crippen molar-refractivity contribution < 1.29 is 4.74 Å². The topological polar surface area (TPSA) is 39.1 Å². The molecular formula is C12H22ClN3O. The van der Waals surface area contributed by atoms with Gasteiger partial charge in [-0.25, -0.2) is 0 Å². The molecule has 17 heavy (non-hydrogen) atoms. The van der Waals surface area contributed by atoms with Crippen LogP contribution in [0.2, 0.25) is 5.02 Å². The van der Waals surface area contributed by atoms with Crippen LogP contribution in [0, 0.1) is 5.92 Å². The van der Waals surface area contributed by atoms with E-state index in [9.17, 15) is 0 Å². The summed E-state index contributed by atoms with van der Waals surface area (Å²) in [5.41, 5.74) is 1.10. The second-order valence-corrected chi connectivity index (χ2v) is 4.82. The lowest BCUT2D eigenvalue weighted by Crippen LogP contribution is -2.23. The summed E-state index contributed by atoms with van der Waals surface area (Å²) in [6.45, 7) is 6.76. The molecule has 1 heterocycles. The van der Waals surface area contributed by atoms with Crippen LogP contribution in [0.25, 0.3) is 0 Å². The van der Waals surface area contributed by atoms with Crippen LogP contribution in [0.15, 0.2) is 6.20 Å². The van der Waals surface area contributed by atoms with Gasteiger partial charge in [-0.2, -0.15) is 5.10 Å². The van der Waals surface area contributed by atoms with Crippen LogP contribution >= 0.6 is 11.6 Å². The molecule has 1 rings (SSSR count). The molecule has 0 spiro atoms. The number of hydrogen-bond acceptors (Lipinski definition) is 3. The highest BCUT2D eigenvalue weighted by atomic mass is 35.5. The van der Waals surface area contributed by atoms with Crippen LogP contribution in [0.5, 0.6) is 0 Å². The molecule has 0 aromatic carbocycles. The molecule has 0 radical (unpaired) electrons. The van der Waals surface area contributed by atoms with Gasteiger partial charge in [0.15, 0.2) is 0 Å². The standard InChI is InChI=1S/C12H22ClN3O/c1-9(7-14-3)10(2)12-11(13)8-15-16(12)5-6-17-4/h8-10,14H,5-7H2,1-4H3. The Labute approximate surface area is 108 Å². The van der Waals surface area contributed by atoms with E-state index in [0.29, 0.717) is 18.4 Å². The van der Waals surface area contributed by atoms with Crippen molar-refractivity contribution in [2.24, 2.45) is 5.92 Å². The van der Waals surface area contributed by atoms with E-state index in [4.69, 9.17) is 16.3 Å². The summed E-state index contributed by atoms with van der Waals surface area (Å²) in [7, 11) is 3.66. The molecule has 0 aliphatic rings. The van der Waals surface area contributed by atoms with Crippen LogP contribution in [-0.4, -0.2) is 37.1 Å². The molecule has 0 fully saturated rings. The molecule has 1 aromatic heterocycles. The lowest BCUT2D eigenvalue weighted by atomic mass is 9.92. The molecule has 1 aromatic rings. The predicted octanol–water partition coefficient (Wildman–Crippen LogP) is 2.14. The molecule has 0 bridgehead atoms. The van der Waals surface area contributed by atoms with Crippen molar-refractivity contribution in [3.63, 3.8) is 0 Å². The van der Waals surface area contributed by atoms with Gasteiger partial charge in [0.05, 0.1) is 30.1 Å². The molecule has 4 nitrogen and oxygen atoms in total. The number of halogens is 1. The van der Waals surface area contributed by atoms with Gasteiger partial charge in [-0.15, -0.1) is 0 Å². The molecule has 0 saturated heterocycles. The van der Waals surface area contributed by atoms with E-state index in [1.54, 1.807) is 13.3 Å². The predicted molar refractivity (Wildman–Crippen MR) is 70.6 cm³/mol. The fourth-order valence-electron chi connectivity index (χ4n) is 1.95. The SMILES string of the molecule is CNCC(C)C(C)c1c(Cl)cnn1CCOC. The zero-order valence-corrected chi connectivity index (χ0v) is 11.8. The number of ether oxygens (including phenoxy) is 1. The maximum atomic E-state index is 6.22. The molecule has 0 saturated carbocycles. The number of aromatic nitrogens is 2. The Balaban J connectivity index is 2.83. The fourth-order valence-corrected chi connectivity index (χ4v) is 2.26. The minimum Gasteiger partial charge on any atom is -0.383 e. The first-order valence-corrected chi connectivity index (χ1v) is 6.34. The van der Waals surface area contributed by atoms with Crippen LogP contribution in [0.3, 0.4) is 0 Å². The molecule has 2 atom stereocenters. The van der Waals surface area contributed by atoms with Crippen molar-refractivity contribution in [2.45, 2.75) is 26.3 Å². The van der Waals surface area contributed by atoms with Gasteiger partial charge in [-0.3, -0.25) is 4.68 Å². The van der Waals surface area contributed by atoms with E-state index < -0.39 is 0 Å². The molecule has 1 N–H and O–H groups in total. The largest absolute Gasteiger partial charge is 0.383 e. The van der Waals surface area contributed by atoms with Gasteiger partial charge in [0.25, 0.3) is 0 Å². The second-order valence-electron chi connectivity index (χ2n) is 4.42. The average Bonchev–Trinajstić information content (AvgIpc) is 2.67. The first-order chi connectivity index (χ1) is 8.11. The lowest BCUT2D eigenvalue weighted by Gasteiger charge is -2.21. The van der Waals surface area contributed by atoms with Gasteiger partial charge >= 0.3 is 0 Å². The molecule has 98 valence electrons. The summed E-state index contributed by atoms with van der Waals surface area (Å²) < 4.78 is 7.03. The number of methoxy groups -OCH3 is 1. The summed E-state index contributed by atoms with van der Waals surface area (Å²) in [6.07, 6.45) is 1.72. The summed E-state index contributed by atoms with van der Waals surface area (Å²) in [5, 5.41) is 8.24. The Morgan fingerprint density at radius 2 is 2.24 bits per heavy atom. The van der Waals surface area contributed by atoms with Crippen LogP contribution in [0.1, 0.15) is 25.5 Å². The lowest BCUT2D eigenvalue weighted by molar-refractivity contribution is 0.181. The van der Waals surface area contributed by atoms with Crippen molar-refractivity contribution in [3.05, 3.63) is 16.9 Å². The zero-order chi connectivity index (χ0) is 12.8. The van der Waals surface area contributed by atoms with E-state index in [0.717, 1.165) is 23.8 Å². The molecule has 0 aliphatic heterocycles. The highest BCUT2D eigenvalue weighted by Gasteiger charge is 2.21.